The highest BCUT2D eigenvalue weighted by atomic mass is 35.5. The average Bonchev–Trinajstić information content (AvgIpc) is 2.96. The largest absolute Gasteiger partial charge is 0.358 e. The minimum atomic E-state index is 0.673. The molecule has 0 spiro atoms. The molecule has 3 heterocycles. The van der Waals surface area contributed by atoms with E-state index in [1.165, 1.54) is 9.75 Å². The third kappa shape index (κ3) is 1.85. The Hall–Kier alpha value is -1.32. The number of halogens is 1. The zero-order valence-electron chi connectivity index (χ0n) is 9.33. The molecule has 0 aliphatic carbocycles. The van der Waals surface area contributed by atoms with E-state index in [4.69, 9.17) is 11.6 Å². The third-order valence-corrected chi connectivity index (χ3v) is 4.33. The second-order valence-corrected chi connectivity index (χ2v) is 5.45. The van der Waals surface area contributed by atoms with Crippen LogP contribution in [-0.2, 0) is 6.42 Å². The van der Waals surface area contributed by atoms with E-state index in [0.29, 0.717) is 5.02 Å². The van der Waals surface area contributed by atoms with Gasteiger partial charge < -0.3 is 4.98 Å². The summed E-state index contributed by atoms with van der Waals surface area (Å²) in [5, 5.41) is 0.673. The summed E-state index contributed by atoms with van der Waals surface area (Å²) in [6, 6.07) is 6.42. The summed E-state index contributed by atoms with van der Waals surface area (Å²) in [5.41, 5.74) is 2.96. The SMILES string of the molecule is CCc1ccc(-c2cnc3c(Cl)c[nH]c3c2)s1. The van der Waals surface area contributed by atoms with Gasteiger partial charge in [-0.3, -0.25) is 4.98 Å². The Morgan fingerprint density at radius 2 is 2.29 bits per heavy atom. The number of fused-ring (bicyclic) bond motifs is 1. The quantitative estimate of drug-likeness (QED) is 0.723. The first-order valence-electron chi connectivity index (χ1n) is 5.49. The average molecular weight is 263 g/mol. The van der Waals surface area contributed by atoms with Gasteiger partial charge in [0.25, 0.3) is 0 Å². The Labute approximate surface area is 108 Å². The molecule has 3 aromatic heterocycles. The van der Waals surface area contributed by atoms with E-state index in [-0.39, 0.29) is 0 Å². The number of aromatic amines is 1. The third-order valence-electron chi connectivity index (χ3n) is 2.76. The van der Waals surface area contributed by atoms with Gasteiger partial charge in [-0.05, 0) is 24.6 Å². The summed E-state index contributed by atoms with van der Waals surface area (Å²) >= 11 is 7.82. The van der Waals surface area contributed by atoms with E-state index in [9.17, 15) is 0 Å². The summed E-state index contributed by atoms with van der Waals surface area (Å²) in [6.07, 6.45) is 4.73. The van der Waals surface area contributed by atoms with Crippen molar-refractivity contribution in [1.82, 2.24) is 9.97 Å². The monoisotopic (exact) mass is 262 g/mol. The van der Waals surface area contributed by atoms with Crippen molar-refractivity contribution in [2.75, 3.05) is 0 Å². The molecule has 0 saturated heterocycles. The number of pyridine rings is 1. The van der Waals surface area contributed by atoms with Gasteiger partial charge in [-0.2, -0.15) is 0 Å². The molecule has 0 radical (unpaired) electrons. The number of thiophene rings is 1. The molecule has 1 N–H and O–H groups in total. The number of nitrogens with zero attached hydrogens (tertiary/aromatic N) is 1. The van der Waals surface area contributed by atoms with Gasteiger partial charge in [-0.1, -0.05) is 18.5 Å². The number of rotatable bonds is 2. The van der Waals surface area contributed by atoms with Crippen LogP contribution in [0.15, 0.2) is 30.6 Å². The Morgan fingerprint density at radius 3 is 3.06 bits per heavy atom. The van der Waals surface area contributed by atoms with E-state index in [1.807, 2.05) is 17.5 Å². The number of aromatic nitrogens is 2. The number of aryl methyl sites for hydroxylation is 1. The van der Waals surface area contributed by atoms with Crippen molar-refractivity contribution >= 4 is 34.0 Å². The molecule has 2 nitrogen and oxygen atoms in total. The van der Waals surface area contributed by atoms with E-state index in [2.05, 4.69) is 35.1 Å². The predicted molar refractivity (Wildman–Crippen MR) is 73.8 cm³/mol. The number of nitrogens with one attached hydrogen (secondary N) is 1. The van der Waals surface area contributed by atoms with Crippen molar-refractivity contribution in [3.8, 4) is 10.4 Å². The van der Waals surface area contributed by atoms with Gasteiger partial charge in [-0.25, -0.2) is 0 Å². The first-order chi connectivity index (χ1) is 8.28. The van der Waals surface area contributed by atoms with E-state index in [0.717, 1.165) is 23.0 Å². The summed E-state index contributed by atoms with van der Waals surface area (Å²) < 4.78 is 0. The summed E-state index contributed by atoms with van der Waals surface area (Å²) in [7, 11) is 0. The molecule has 0 saturated carbocycles. The smallest absolute Gasteiger partial charge is 0.107 e. The van der Waals surface area contributed by atoms with Crippen LogP contribution in [0.5, 0.6) is 0 Å². The van der Waals surface area contributed by atoms with Crippen molar-refractivity contribution in [1.29, 1.82) is 0 Å². The lowest BCUT2D eigenvalue weighted by molar-refractivity contribution is 1.19. The molecule has 0 aliphatic heterocycles. The summed E-state index contributed by atoms with van der Waals surface area (Å²) in [6.45, 7) is 2.17. The molecule has 4 heteroatoms. The van der Waals surface area contributed by atoms with Crippen LogP contribution in [0.1, 0.15) is 11.8 Å². The first kappa shape index (κ1) is 10.8. The molecule has 0 aromatic carbocycles. The molecule has 0 unspecified atom stereocenters. The van der Waals surface area contributed by atoms with Crippen LogP contribution >= 0.6 is 22.9 Å². The number of hydrogen-bond acceptors (Lipinski definition) is 2. The van der Waals surface area contributed by atoms with Crippen LogP contribution < -0.4 is 0 Å². The van der Waals surface area contributed by atoms with Crippen molar-refractivity contribution < 1.29 is 0 Å². The number of H-pyrrole nitrogens is 1. The van der Waals surface area contributed by atoms with Crippen LogP contribution in [-0.4, -0.2) is 9.97 Å². The maximum absolute atomic E-state index is 6.01. The Balaban J connectivity index is 2.11. The predicted octanol–water partition coefficient (Wildman–Crippen LogP) is 4.51. The van der Waals surface area contributed by atoms with Crippen molar-refractivity contribution in [3.05, 3.63) is 40.5 Å². The minimum absolute atomic E-state index is 0.673. The fourth-order valence-electron chi connectivity index (χ4n) is 1.83. The van der Waals surface area contributed by atoms with Gasteiger partial charge in [-0.15, -0.1) is 11.3 Å². The Kier molecular flexibility index (Phi) is 2.65. The van der Waals surface area contributed by atoms with Crippen LogP contribution in [0.3, 0.4) is 0 Å². The van der Waals surface area contributed by atoms with Crippen LogP contribution in [0.4, 0.5) is 0 Å². The van der Waals surface area contributed by atoms with Gasteiger partial charge >= 0.3 is 0 Å². The number of hydrogen-bond donors (Lipinski definition) is 1. The van der Waals surface area contributed by atoms with Crippen LogP contribution in [0.25, 0.3) is 21.5 Å². The lowest BCUT2D eigenvalue weighted by Crippen LogP contribution is -1.78. The maximum Gasteiger partial charge on any atom is 0.107 e. The van der Waals surface area contributed by atoms with Gasteiger partial charge in [0.2, 0.25) is 0 Å². The molecule has 0 fully saturated rings. The highest BCUT2D eigenvalue weighted by Gasteiger charge is 2.07. The zero-order chi connectivity index (χ0) is 11.8. The molecular formula is C13H11ClN2S. The minimum Gasteiger partial charge on any atom is -0.358 e. The highest BCUT2D eigenvalue weighted by Crippen LogP contribution is 2.30. The van der Waals surface area contributed by atoms with Gasteiger partial charge in [0.15, 0.2) is 0 Å². The van der Waals surface area contributed by atoms with Crippen LogP contribution in [0, 0.1) is 0 Å². The molecule has 0 atom stereocenters. The molecule has 0 amide bonds. The molecule has 3 rings (SSSR count). The lowest BCUT2D eigenvalue weighted by Gasteiger charge is -1.97. The standard InChI is InChI=1S/C13H11ClN2S/c1-2-9-3-4-12(17-9)8-5-11-13(16-6-8)10(14)7-15-11/h3-7,15H,2H2,1H3. The summed E-state index contributed by atoms with van der Waals surface area (Å²) in [4.78, 5) is 10.2. The Bertz CT molecular complexity index is 669. The van der Waals surface area contributed by atoms with Crippen molar-refractivity contribution in [2.45, 2.75) is 13.3 Å². The van der Waals surface area contributed by atoms with E-state index < -0.39 is 0 Å². The topological polar surface area (TPSA) is 28.7 Å². The summed E-state index contributed by atoms with van der Waals surface area (Å²) in [5.74, 6) is 0. The van der Waals surface area contributed by atoms with E-state index >= 15 is 0 Å². The maximum atomic E-state index is 6.01. The molecule has 17 heavy (non-hydrogen) atoms. The second kappa shape index (κ2) is 4.17. The molecule has 0 bridgehead atoms. The Morgan fingerprint density at radius 1 is 1.41 bits per heavy atom. The molecular weight excluding hydrogens is 252 g/mol. The highest BCUT2D eigenvalue weighted by molar-refractivity contribution is 7.15. The zero-order valence-corrected chi connectivity index (χ0v) is 10.9. The van der Waals surface area contributed by atoms with Crippen LogP contribution in [0.2, 0.25) is 5.02 Å². The van der Waals surface area contributed by atoms with Gasteiger partial charge in [0, 0.05) is 27.7 Å². The fourth-order valence-corrected chi connectivity index (χ4v) is 2.97. The van der Waals surface area contributed by atoms with E-state index in [1.54, 1.807) is 6.20 Å². The molecule has 3 aromatic rings. The normalized spacial score (nSPS) is 11.2. The fraction of sp³-hybridized carbons (Fsp3) is 0.154. The van der Waals surface area contributed by atoms with Crippen molar-refractivity contribution in [2.24, 2.45) is 0 Å². The second-order valence-electron chi connectivity index (χ2n) is 3.88. The molecule has 86 valence electrons. The van der Waals surface area contributed by atoms with Gasteiger partial charge in [0.05, 0.1) is 10.5 Å². The lowest BCUT2D eigenvalue weighted by atomic mass is 10.2. The van der Waals surface area contributed by atoms with Crippen molar-refractivity contribution in [3.63, 3.8) is 0 Å². The molecule has 0 aliphatic rings. The first-order valence-corrected chi connectivity index (χ1v) is 6.69. The van der Waals surface area contributed by atoms with Gasteiger partial charge in [0.1, 0.15) is 5.52 Å².